The van der Waals surface area contributed by atoms with E-state index < -0.39 is 5.56 Å². The molecule has 1 aliphatic rings. The Kier molecular flexibility index (Phi) is 4.60. The van der Waals surface area contributed by atoms with Gasteiger partial charge in [-0.25, -0.2) is 4.98 Å². The topological polar surface area (TPSA) is 112 Å². The van der Waals surface area contributed by atoms with Crippen molar-refractivity contribution in [1.29, 1.82) is 0 Å². The average Bonchev–Trinajstić information content (AvgIpc) is 3.18. The molecule has 0 radical (unpaired) electrons. The molecule has 1 fully saturated rings. The van der Waals surface area contributed by atoms with E-state index in [1.807, 2.05) is 6.07 Å². The zero-order valence-corrected chi connectivity index (χ0v) is 15.3. The largest absolute Gasteiger partial charge is 0.338 e. The number of nitrogens with zero attached hydrogens (tertiary/aromatic N) is 3. The number of hydrogen-bond acceptors (Lipinski definition) is 5. The number of aryl methyl sites for hydroxylation is 1. The summed E-state index contributed by atoms with van der Waals surface area (Å²) in [5, 5.41) is 0. The summed E-state index contributed by atoms with van der Waals surface area (Å²) < 4.78 is 0. The van der Waals surface area contributed by atoms with Crippen LogP contribution in [-0.4, -0.2) is 43.8 Å². The fourth-order valence-electron chi connectivity index (χ4n) is 3.41. The summed E-state index contributed by atoms with van der Waals surface area (Å²) in [4.78, 5) is 52.6. The molecule has 0 aromatic carbocycles. The molecule has 1 unspecified atom stereocenters. The van der Waals surface area contributed by atoms with Crippen molar-refractivity contribution in [2.24, 2.45) is 0 Å². The molecule has 1 aliphatic heterocycles. The second-order valence-corrected chi connectivity index (χ2v) is 6.88. The molecule has 28 heavy (non-hydrogen) atoms. The second-order valence-electron chi connectivity index (χ2n) is 6.88. The summed E-state index contributed by atoms with van der Waals surface area (Å²) in [5.41, 5.74) is 1.49. The molecule has 0 spiro atoms. The van der Waals surface area contributed by atoms with E-state index in [1.54, 1.807) is 42.4 Å². The molecule has 8 nitrogen and oxygen atoms in total. The Hall–Kier alpha value is -3.55. The molecule has 1 atom stereocenters. The Morgan fingerprint density at radius 3 is 2.82 bits per heavy atom. The fourth-order valence-corrected chi connectivity index (χ4v) is 3.41. The van der Waals surface area contributed by atoms with Crippen LogP contribution in [0.4, 0.5) is 0 Å². The van der Waals surface area contributed by atoms with E-state index in [0.29, 0.717) is 36.7 Å². The van der Waals surface area contributed by atoms with Crippen molar-refractivity contribution in [3.05, 3.63) is 80.5 Å². The van der Waals surface area contributed by atoms with Crippen molar-refractivity contribution in [3.63, 3.8) is 0 Å². The number of aromatic nitrogens is 4. The van der Waals surface area contributed by atoms with Crippen molar-refractivity contribution in [3.8, 4) is 11.3 Å². The Morgan fingerprint density at radius 1 is 1.21 bits per heavy atom. The van der Waals surface area contributed by atoms with Crippen molar-refractivity contribution in [1.82, 2.24) is 24.8 Å². The lowest BCUT2D eigenvalue weighted by Gasteiger charge is -2.16. The number of carbonyl (C=O) groups excluding carboxylic acids is 1. The summed E-state index contributed by atoms with van der Waals surface area (Å²) in [6.45, 7) is 2.65. The standard InChI is InChI=1S/C20H19N5O3/c1-12-4-5-15(19(27)22-12)20(28)25-8-6-14(11-25)18-23-16(9-17(26)24-18)13-3-2-7-21-10-13/h2-5,7,9-10,14H,6,8,11H2,1H3,(H,22,27)(H,23,24,26). The smallest absolute Gasteiger partial charge is 0.260 e. The van der Waals surface area contributed by atoms with Gasteiger partial charge in [-0.1, -0.05) is 0 Å². The zero-order valence-electron chi connectivity index (χ0n) is 15.3. The number of likely N-dealkylation sites (tertiary alicyclic amines) is 1. The summed E-state index contributed by atoms with van der Waals surface area (Å²) in [7, 11) is 0. The maximum Gasteiger partial charge on any atom is 0.260 e. The van der Waals surface area contributed by atoms with Crippen LogP contribution in [0.15, 0.2) is 52.3 Å². The van der Waals surface area contributed by atoms with Gasteiger partial charge in [0.25, 0.3) is 17.0 Å². The van der Waals surface area contributed by atoms with Gasteiger partial charge in [0.15, 0.2) is 0 Å². The van der Waals surface area contributed by atoms with Crippen molar-refractivity contribution in [2.75, 3.05) is 13.1 Å². The molecular formula is C20H19N5O3. The van der Waals surface area contributed by atoms with E-state index in [4.69, 9.17) is 0 Å². The van der Waals surface area contributed by atoms with Gasteiger partial charge >= 0.3 is 0 Å². The van der Waals surface area contributed by atoms with Gasteiger partial charge in [0.1, 0.15) is 11.4 Å². The Labute approximate surface area is 160 Å². The Balaban J connectivity index is 1.57. The molecule has 8 heteroatoms. The predicted molar refractivity (Wildman–Crippen MR) is 103 cm³/mol. The normalized spacial score (nSPS) is 16.3. The molecular weight excluding hydrogens is 358 g/mol. The lowest BCUT2D eigenvalue weighted by molar-refractivity contribution is 0.0788. The van der Waals surface area contributed by atoms with Crippen LogP contribution >= 0.6 is 0 Å². The zero-order chi connectivity index (χ0) is 19.7. The van der Waals surface area contributed by atoms with Crippen LogP contribution in [0.5, 0.6) is 0 Å². The van der Waals surface area contributed by atoms with Crippen LogP contribution in [0.1, 0.15) is 34.2 Å². The van der Waals surface area contributed by atoms with Gasteiger partial charge in [0.05, 0.1) is 5.69 Å². The maximum absolute atomic E-state index is 12.7. The molecule has 142 valence electrons. The molecule has 4 rings (SSSR count). The van der Waals surface area contributed by atoms with E-state index >= 15 is 0 Å². The third-order valence-electron chi connectivity index (χ3n) is 4.87. The van der Waals surface area contributed by atoms with Crippen LogP contribution in [-0.2, 0) is 0 Å². The summed E-state index contributed by atoms with van der Waals surface area (Å²) >= 11 is 0. The van der Waals surface area contributed by atoms with Crippen molar-refractivity contribution < 1.29 is 4.79 Å². The second kappa shape index (κ2) is 7.22. The van der Waals surface area contributed by atoms with Crippen molar-refractivity contribution >= 4 is 5.91 Å². The minimum Gasteiger partial charge on any atom is -0.338 e. The van der Waals surface area contributed by atoms with Gasteiger partial charge in [-0.15, -0.1) is 0 Å². The first kappa shape index (κ1) is 17.8. The lowest BCUT2D eigenvalue weighted by Crippen LogP contribution is -2.33. The first-order chi connectivity index (χ1) is 13.5. The Morgan fingerprint density at radius 2 is 2.07 bits per heavy atom. The predicted octanol–water partition coefficient (Wildman–Crippen LogP) is 1.46. The number of aromatic amines is 2. The molecule has 3 aromatic rings. The number of carbonyl (C=O) groups is 1. The van der Waals surface area contributed by atoms with E-state index in [2.05, 4.69) is 19.9 Å². The SMILES string of the molecule is Cc1ccc(C(=O)N2CCC(c3nc(-c4cccnc4)cc(=O)[nH]3)C2)c(=O)[nH]1. The minimum atomic E-state index is -0.390. The first-order valence-corrected chi connectivity index (χ1v) is 9.02. The molecule has 4 heterocycles. The highest BCUT2D eigenvalue weighted by Crippen LogP contribution is 2.26. The fraction of sp³-hybridized carbons (Fsp3) is 0.250. The first-order valence-electron chi connectivity index (χ1n) is 9.02. The van der Waals surface area contributed by atoms with E-state index in [-0.39, 0.29) is 22.9 Å². The summed E-state index contributed by atoms with van der Waals surface area (Å²) in [5.74, 6) is 0.131. The maximum atomic E-state index is 12.7. The number of amides is 1. The summed E-state index contributed by atoms with van der Waals surface area (Å²) in [6.07, 6.45) is 3.97. The molecule has 2 N–H and O–H groups in total. The Bertz CT molecular complexity index is 1140. The monoisotopic (exact) mass is 377 g/mol. The van der Waals surface area contributed by atoms with E-state index in [0.717, 1.165) is 5.56 Å². The molecule has 3 aromatic heterocycles. The van der Waals surface area contributed by atoms with Gasteiger partial charge in [0.2, 0.25) is 0 Å². The average molecular weight is 377 g/mol. The van der Waals surface area contributed by atoms with Gasteiger partial charge in [-0.05, 0) is 37.6 Å². The third kappa shape index (κ3) is 3.48. The van der Waals surface area contributed by atoms with Crippen LogP contribution in [0, 0.1) is 6.92 Å². The third-order valence-corrected chi connectivity index (χ3v) is 4.87. The number of hydrogen-bond donors (Lipinski definition) is 2. The minimum absolute atomic E-state index is 0.0993. The highest BCUT2D eigenvalue weighted by Gasteiger charge is 2.30. The van der Waals surface area contributed by atoms with Crippen LogP contribution in [0.3, 0.4) is 0 Å². The molecule has 0 saturated carbocycles. The van der Waals surface area contributed by atoms with Gasteiger partial charge in [-0.2, -0.15) is 0 Å². The highest BCUT2D eigenvalue weighted by molar-refractivity contribution is 5.94. The van der Waals surface area contributed by atoms with Crippen LogP contribution in [0.25, 0.3) is 11.3 Å². The number of nitrogens with one attached hydrogen (secondary N) is 2. The van der Waals surface area contributed by atoms with Crippen molar-refractivity contribution in [2.45, 2.75) is 19.3 Å². The summed E-state index contributed by atoms with van der Waals surface area (Å²) in [6, 6.07) is 8.31. The van der Waals surface area contributed by atoms with Crippen LogP contribution < -0.4 is 11.1 Å². The quantitative estimate of drug-likeness (QED) is 0.718. The van der Waals surface area contributed by atoms with Gasteiger partial charge in [0, 0.05) is 48.7 Å². The molecule has 1 saturated heterocycles. The lowest BCUT2D eigenvalue weighted by atomic mass is 10.1. The number of H-pyrrole nitrogens is 2. The van der Waals surface area contributed by atoms with Gasteiger partial charge in [-0.3, -0.25) is 19.4 Å². The van der Waals surface area contributed by atoms with E-state index in [9.17, 15) is 14.4 Å². The van der Waals surface area contributed by atoms with Crippen LogP contribution in [0.2, 0.25) is 0 Å². The molecule has 0 bridgehead atoms. The highest BCUT2D eigenvalue weighted by atomic mass is 16.2. The number of pyridine rings is 2. The molecule has 0 aliphatic carbocycles. The number of rotatable bonds is 3. The molecule has 1 amide bonds. The van der Waals surface area contributed by atoms with E-state index in [1.165, 1.54) is 6.07 Å². The van der Waals surface area contributed by atoms with Gasteiger partial charge < -0.3 is 14.9 Å².